The van der Waals surface area contributed by atoms with Crippen LogP contribution in [0.3, 0.4) is 0 Å². The van der Waals surface area contributed by atoms with Gasteiger partial charge in [-0.2, -0.15) is 0 Å². The smallest absolute Gasteiger partial charge is 0.248 e. The molecule has 0 aliphatic carbocycles. The number of halogens is 2. The molecule has 102 valence electrons. The highest BCUT2D eigenvalue weighted by atomic mass is 79.9. The number of benzene rings is 2. The fourth-order valence-corrected chi connectivity index (χ4v) is 2.79. The summed E-state index contributed by atoms with van der Waals surface area (Å²) >= 11 is 3.38. The van der Waals surface area contributed by atoms with Crippen molar-refractivity contribution in [2.45, 2.75) is 12.6 Å². The highest BCUT2D eigenvalue weighted by molar-refractivity contribution is 9.10. The van der Waals surface area contributed by atoms with Gasteiger partial charge in [-0.05, 0) is 29.8 Å². The molecular formula is C15H12BrFN2O. The number of para-hydroxylation sites is 1. The zero-order valence-corrected chi connectivity index (χ0v) is 12.1. The van der Waals surface area contributed by atoms with E-state index < -0.39 is 6.04 Å². The summed E-state index contributed by atoms with van der Waals surface area (Å²) in [5, 5.41) is 0. The van der Waals surface area contributed by atoms with Crippen LogP contribution in [0.2, 0.25) is 0 Å². The molecule has 0 spiro atoms. The quantitative estimate of drug-likeness (QED) is 0.917. The third-order valence-corrected chi connectivity index (χ3v) is 4.20. The summed E-state index contributed by atoms with van der Waals surface area (Å²) in [6.45, 7) is 0.294. The third kappa shape index (κ3) is 2.13. The lowest BCUT2D eigenvalue weighted by molar-refractivity contribution is -0.119. The first-order chi connectivity index (χ1) is 9.58. The molecule has 3 rings (SSSR count). The highest BCUT2D eigenvalue weighted by Crippen LogP contribution is 2.36. The Labute approximate surface area is 124 Å². The van der Waals surface area contributed by atoms with E-state index in [2.05, 4.69) is 15.9 Å². The first-order valence-corrected chi connectivity index (χ1v) is 6.97. The molecule has 20 heavy (non-hydrogen) atoms. The maximum atomic E-state index is 13.3. The minimum atomic E-state index is -0.640. The predicted molar refractivity (Wildman–Crippen MR) is 78.7 cm³/mol. The molecule has 0 bridgehead atoms. The molecule has 1 unspecified atom stereocenters. The van der Waals surface area contributed by atoms with Crippen LogP contribution in [0.15, 0.2) is 46.9 Å². The van der Waals surface area contributed by atoms with E-state index in [-0.39, 0.29) is 11.7 Å². The molecular weight excluding hydrogens is 323 g/mol. The largest absolute Gasteiger partial charge is 0.316 e. The summed E-state index contributed by atoms with van der Waals surface area (Å²) in [6.07, 6.45) is 0. The van der Waals surface area contributed by atoms with Gasteiger partial charge in [0.25, 0.3) is 0 Å². The number of nitrogens with zero attached hydrogens (tertiary/aromatic N) is 1. The Morgan fingerprint density at radius 1 is 1.25 bits per heavy atom. The molecule has 0 saturated heterocycles. The number of hydrogen-bond donors (Lipinski definition) is 1. The van der Waals surface area contributed by atoms with Crippen LogP contribution in [0.5, 0.6) is 0 Å². The number of hydrogen-bond acceptors (Lipinski definition) is 2. The summed E-state index contributed by atoms with van der Waals surface area (Å²) in [6, 6.07) is 11.2. The zero-order valence-electron chi connectivity index (χ0n) is 10.5. The monoisotopic (exact) mass is 334 g/mol. The topological polar surface area (TPSA) is 46.3 Å². The van der Waals surface area contributed by atoms with Gasteiger partial charge in [0.15, 0.2) is 0 Å². The van der Waals surface area contributed by atoms with Gasteiger partial charge >= 0.3 is 0 Å². The van der Waals surface area contributed by atoms with E-state index >= 15 is 0 Å². The van der Waals surface area contributed by atoms with Crippen molar-refractivity contribution in [1.82, 2.24) is 0 Å². The molecule has 1 amide bonds. The first kappa shape index (κ1) is 13.3. The van der Waals surface area contributed by atoms with E-state index in [0.717, 1.165) is 15.7 Å². The lowest BCUT2D eigenvalue weighted by Crippen LogP contribution is -2.31. The normalized spacial score (nSPS) is 17.4. The average Bonchev–Trinajstić information content (AvgIpc) is 2.68. The van der Waals surface area contributed by atoms with Crippen molar-refractivity contribution in [2.75, 3.05) is 4.90 Å². The summed E-state index contributed by atoms with van der Waals surface area (Å²) < 4.78 is 14.1. The number of nitrogens with two attached hydrogens (primary N) is 1. The number of carbonyl (C=O) groups is 1. The lowest BCUT2D eigenvalue weighted by atomic mass is 10.1. The lowest BCUT2D eigenvalue weighted by Gasteiger charge is -2.18. The van der Waals surface area contributed by atoms with Crippen molar-refractivity contribution in [2.24, 2.45) is 5.73 Å². The molecule has 0 aromatic heterocycles. The summed E-state index contributed by atoms with van der Waals surface area (Å²) in [7, 11) is 0. The van der Waals surface area contributed by atoms with Gasteiger partial charge in [0.2, 0.25) is 5.91 Å². The molecule has 5 heteroatoms. The third-order valence-electron chi connectivity index (χ3n) is 3.43. The number of anilines is 1. The first-order valence-electron chi connectivity index (χ1n) is 6.18. The Bertz CT molecular complexity index is 689. The fourth-order valence-electron chi connectivity index (χ4n) is 2.41. The summed E-state index contributed by atoms with van der Waals surface area (Å²) in [5.74, 6) is -0.491. The predicted octanol–water partition coefficient (Wildman–Crippen LogP) is 3.13. The van der Waals surface area contributed by atoms with Crippen LogP contribution >= 0.6 is 15.9 Å². The van der Waals surface area contributed by atoms with E-state index in [4.69, 9.17) is 5.73 Å². The molecule has 0 saturated carbocycles. The van der Waals surface area contributed by atoms with Crippen molar-refractivity contribution in [3.63, 3.8) is 0 Å². The van der Waals surface area contributed by atoms with Gasteiger partial charge in [-0.1, -0.05) is 34.1 Å². The van der Waals surface area contributed by atoms with Crippen molar-refractivity contribution in [3.8, 4) is 0 Å². The minimum Gasteiger partial charge on any atom is -0.316 e. The maximum absolute atomic E-state index is 13.3. The molecule has 0 fully saturated rings. The SMILES string of the molecule is NC1C(=O)N(Cc2cc(F)ccc2Br)c2ccccc21. The summed E-state index contributed by atoms with van der Waals surface area (Å²) in [4.78, 5) is 13.9. The van der Waals surface area contributed by atoms with Crippen LogP contribution in [0, 0.1) is 5.82 Å². The van der Waals surface area contributed by atoms with E-state index in [0.29, 0.717) is 12.1 Å². The minimum absolute atomic E-state index is 0.164. The van der Waals surface area contributed by atoms with E-state index in [1.54, 1.807) is 11.0 Å². The number of rotatable bonds is 2. The molecule has 1 heterocycles. The Hall–Kier alpha value is -1.72. The second-order valence-corrected chi connectivity index (χ2v) is 5.55. The molecule has 3 nitrogen and oxygen atoms in total. The fraction of sp³-hybridized carbons (Fsp3) is 0.133. The van der Waals surface area contributed by atoms with E-state index in [1.807, 2.05) is 24.3 Å². The average molecular weight is 335 g/mol. The van der Waals surface area contributed by atoms with Crippen molar-refractivity contribution in [1.29, 1.82) is 0 Å². The molecule has 0 radical (unpaired) electrons. The van der Waals surface area contributed by atoms with Gasteiger partial charge in [0, 0.05) is 15.7 Å². The molecule has 1 aliphatic heterocycles. The van der Waals surface area contributed by atoms with Crippen LogP contribution < -0.4 is 10.6 Å². The van der Waals surface area contributed by atoms with Gasteiger partial charge in [0.1, 0.15) is 11.9 Å². The number of amides is 1. The molecule has 2 aromatic rings. The van der Waals surface area contributed by atoms with Gasteiger partial charge in [-0.3, -0.25) is 4.79 Å². The Morgan fingerprint density at radius 3 is 2.80 bits per heavy atom. The van der Waals surface area contributed by atoms with Crippen LogP contribution in [0.25, 0.3) is 0 Å². The van der Waals surface area contributed by atoms with E-state index in [9.17, 15) is 9.18 Å². The van der Waals surface area contributed by atoms with Crippen LogP contribution in [0.4, 0.5) is 10.1 Å². The van der Waals surface area contributed by atoms with Gasteiger partial charge in [-0.15, -0.1) is 0 Å². The van der Waals surface area contributed by atoms with Crippen LogP contribution in [-0.4, -0.2) is 5.91 Å². The number of fused-ring (bicyclic) bond motifs is 1. The van der Waals surface area contributed by atoms with E-state index in [1.165, 1.54) is 12.1 Å². The molecule has 2 N–H and O–H groups in total. The second kappa shape index (κ2) is 5.00. The van der Waals surface area contributed by atoms with Crippen molar-refractivity contribution >= 4 is 27.5 Å². The van der Waals surface area contributed by atoms with Crippen molar-refractivity contribution in [3.05, 3.63) is 63.9 Å². The molecule has 1 atom stereocenters. The Kier molecular flexibility index (Phi) is 3.31. The molecule has 2 aromatic carbocycles. The van der Waals surface area contributed by atoms with Crippen molar-refractivity contribution < 1.29 is 9.18 Å². The van der Waals surface area contributed by atoms with Crippen LogP contribution in [-0.2, 0) is 11.3 Å². The highest BCUT2D eigenvalue weighted by Gasteiger charge is 2.34. The van der Waals surface area contributed by atoms with Gasteiger partial charge in [0.05, 0.1) is 6.54 Å². The Balaban J connectivity index is 1.99. The second-order valence-electron chi connectivity index (χ2n) is 4.70. The molecule has 1 aliphatic rings. The van der Waals surface area contributed by atoms with Gasteiger partial charge in [-0.25, -0.2) is 4.39 Å². The van der Waals surface area contributed by atoms with Gasteiger partial charge < -0.3 is 10.6 Å². The Morgan fingerprint density at radius 2 is 2.00 bits per heavy atom. The standard InChI is InChI=1S/C15H12BrFN2O/c16-12-6-5-10(17)7-9(12)8-19-13-4-2-1-3-11(13)14(18)15(19)20/h1-7,14H,8,18H2. The summed E-state index contributed by atoms with van der Waals surface area (Å²) in [5.41, 5.74) is 8.24. The van der Waals surface area contributed by atoms with Crippen LogP contribution in [0.1, 0.15) is 17.2 Å². The maximum Gasteiger partial charge on any atom is 0.248 e. The number of carbonyl (C=O) groups excluding carboxylic acids is 1. The zero-order chi connectivity index (χ0) is 14.3.